The van der Waals surface area contributed by atoms with E-state index in [4.69, 9.17) is 10.8 Å². The number of carbonyl (C=O) groups excluding carboxylic acids is 1. The van der Waals surface area contributed by atoms with E-state index in [9.17, 15) is 9.59 Å². The Labute approximate surface area is 77.6 Å². The highest BCUT2D eigenvalue weighted by molar-refractivity contribution is 5.84. The summed E-state index contributed by atoms with van der Waals surface area (Å²) in [6, 6.07) is 0. The Bertz CT molecular complexity index is 178. The number of hydrogen-bond acceptors (Lipinski definition) is 3. The summed E-state index contributed by atoms with van der Waals surface area (Å²) in [5.74, 6) is -1.19. The minimum Gasteiger partial charge on any atom is -0.478 e. The van der Waals surface area contributed by atoms with Crippen LogP contribution in [0.15, 0.2) is 12.2 Å². The Hall–Kier alpha value is -1.36. The summed E-state index contributed by atoms with van der Waals surface area (Å²) in [6.45, 7) is 5.28. The lowest BCUT2D eigenvalue weighted by molar-refractivity contribution is -0.132. The molecule has 0 saturated heterocycles. The first-order chi connectivity index (χ1) is 5.91. The molecule has 0 heterocycles. The van der Waals surface area contributed by atoms with Crippen LogP contribution in [0.25, 0.3) is 0 Å². The average molecular weight is 188 g/mol. The molecule has 1 amide bonds. The molecule has 0 bridgehead atoms. The van der Waals surface area contributed by atoms with Crippen molar-refractivity contribution in [3.05, 3.63) is 12.2 Å². The molecule has 0 aromatic rings. The van der Waals surface area contributed by atoms with Crippen molar-refractivity contribution in [1.82, 2.24) is 5.32 Å². The van der Waals surface area contributed by atoms with Crippen LogP contribution >= 0.6 is 0 Å². The molecule has 13 heavy (non-hydrogen) atoms. The van der Waals surface area contributed by atoms with Crippen LogP contribution in [0.4, 0.5) is 0 Å². The molecule has 0 aromatic carbocycles. The second-order valence-electron chi connectivity index (χ2n) is 2.41. The monoisotopic (exact) mass is 188 g/mol. The first kappa shape index (κ1) is 14.2. The van der Waals surface area contributed by atoms with E-state index in [1.807, 2.05) is 0 Å². The number of amides is 1. The van der Waals surface area contributed by atoms with Crippen molar-refractivity contribution in [2.24, 2.45) is 5.73 Å². The number of carbonyl (C=O) groups is 2. The van der Waals surface area contributed by atoms with E-state index in [1.165, 1.54) is 6.92 Å². The molecule has 0 radical (unpaired) electrons. The Kier molecular flexibility index (Phi) is 9.53. The van der Waals surface area contributed by atoms with Gasteiger partial charge in [-0.1, -0.05) is 6.58 Å². The molecule has 0 aliphatic rings. The second-order valence-corrected chi connectivity index (χ2v) is 2.41. The van der Waals surface area contributed by atoms with E-state index >= 15 is 0 Å². The summed E-state index contributed by atoms with van der Waals surface area (Å²) >= 11 is 0. The van der Waals surface area contributed by atoms with Crippen LogP contribution in [0.2, 0.25) is 0 Å². The molecule has 4 N–H and O–H groups in total. The number of carboxylic acid groups (broad SMARTS) is 1. The van der Waals surface area contributed by atoms with E-state index in [2.05, 4.69) is 11.9 Å². The lowest BCUT2D eigenvalue weighted by Gasteiger charge is -1.89. The summed E-state index contributed by atoms with van der Waals surface area (Å²) in [6.07, 6.45) is 0.427. The molecule has 0 spiro atoms. The SMILES string of the molecule is C=C(C)C(=O)O.CNCCC(N)=O. The van der Waals surface area contributed by atoms with Crippen molar-refractivity contribution in [3.8, 4) is 0 Å². The van der Waals surface area contributed by atoms with Gasteiger partial charge < -0.3 is 16.2 Å². The van der Waals surface area contributed by atoms with E-state index in [-0.39, 0.29) is 11.5 Å². The number of carboxylic acids is 1. The summed E-state index contributed by atoms with van der Waals surface area (Å²) in [5.41, 5.74) is 4.98. The molecule has 5 nitrogen and oxygen atoms in total. The maximum atomic E-state index is 9.94. The highest BCUT2D eigenvalue weighted by Crippen LogP contribution is 1.81. The Morgan fingerprint density at radius 2 is 1.92 bits per heavy atom. The Morgan fingerprint density at radius 1 is 1.54 bits per heavy atom. The third-order valence-electron chi connectivity index (χ3n) is 0.986. The normalized spacial score (nSPS) is 8.15. The van der Waals surface area contributed by atoms with E-state index < -0.39 is 5.97 Å². The molecule has 76 valence electrons. The van der Waals surface area contributed by atoms with Crippen molar-refractivity contribution in [3.63, 3.8) is 0 Å². The fraction of sp³-hybridized carbons (Fsp3) is 0.500. The first-order valence-corrected chi connectivity index (χ1v) is 3.73. The van der Waals surface area contributed by atoms with Gasteiger partial charge in [0, 0.05) is 18.5 Å². The highest BCUT2D eigenvalue weighted by atomic mass is 16.4. The summed E-state index contributed by atoms with van der Waals surface area (Å²) < 4.78 is 0. The fourth-order valence-corrected chi connectivity index (χ4v) is 0.248. The van der Waals surface area contributed by atoms with E-state index in [0.717, 1.165) is 0 Å². The van der Waals surface area contributed by atoms with Crippen LogP contribution in [-0.2, 0) is 9.59 Å². The van der Waals surface area contributed by atoms with Crippen molar-refractivity contribution < 1.29 is 14.7 Å². The van der Waals surface area contributed by atoms with Gasteiger partial charge in [0.15, 0.2) is 0 Å². The molecule has 0 atom stereocenters. The van der Waals surface area contributed by atoms with Crippen LogP contribution < -0.4 is 11.1 Å². The van der Waals surface area contributed by atoms with Gasteiger partial charge in [-0.3, -0.25) is 4.79 Å². The standard InChI is InChI=1S/C4H10N2O.C4H6O2/c1-6-3-2-4(5)7;1-3(2)4(5)6/h6H,2-3H2,1H3,(H2,5,7);1H2,2H3,(H,5,6). The molecule has 0 aromatic heterocycles. The van der Waals surface area contributed by atoms with Gasteiger partial charge in [0.2, 0.25) is 5.91 Å². The first-order valence-electron chi connectivity index (χ1n) is 3.73. The third kappa shape index (κ3) is 18.0. The smallest absolute Gasteiger partial charge is 0.330 e. The van der Waals surface area contributed by atoms with Crippen molar-refractivity contribution >= 4 is 11.9 Å². The van der Waals surface area contributed by atoms with Gasteiger partial charge in [0.05, 0.1) is 0 Å². The van der Waals surface area contributed by atoms with Crippen LogP contribution in [0, 0.1) is 0 Å². The fourth-order valence-electron chi connectivity index (χ4n) is 0.248. The van der Waals surface area contributed by atoms with Gasteiger partial charge in [-0.2, -0.15) is 0 Å². The number of nitrogens with two attached hydrogens (primary N) is 1. The largest absolute Gasteiger partial charge is 0.478 e. The predicted octanol–water partition coefficient (Wildman–Crippen LogP) is -0.272. The zero-order chi connectivity index (χ0) is 10.9. The van der Waals surface area contributed by atoms with Crippen LogP contribution in [0.3, 0.4) is 0 Å². The number of primary amides is 1. The molecular formula is C8H16N2O3. The van der Waals surface area contributed by atoms with Crippen LogP contribution in [-0.4, -0.2) is 30.6 Å². The second kappa shape index (κ2) is 8.73. The minimum absolute atomic E-state index is 0.176. The Balaban J connectivity index is 0. The van der Waals surface area contributed by atoms with Crippen molar-refractivity contribution in [2.75, 3.05) is 13.6 Å². The minimum atomic E-state index is -0.935. The third-order valence-corrected chi connectivity index (χ3v) is 0.986. The number of nitrogens with one attached hydrogen (secondary N) is 1. The van der Waals surface area contributed by atoms with Gasteiger partial charge >= 0.3 is 5.97 Å². The molecule has 0 aliphatic heterocycles. The quantitative estimate of drug-likeness (QED) is 0.529. The van der Waals surface area contributed by atoms with Gasteiger partial charge in [-0.15, -0.1) is 0 Å². The van der Waals surface area contributed by atoms with Crippen molar-refractivity contribution in [2.45, 2.75) is 13.3 Å². The van der Waals surface area contributed by atoms with Gasteiger partial charge in [-0.05, 0) is 14.0 Å². The number of rotatable bonds is 4. The predicted molar refractivity (Wildman–Crippen MR) is 50.2 cm³/mol. The van der Waals surface area contributed by atoms with Crippen LogP contribution in [0.5, 0.6) is 0 Å². The zero-order valence-corrected chi connectivity index (χ0v) is 7.96. The molecule has 5 heteroatoms. The molecular weight excluding hydrogens is 172 g/mol. The summed E-state index contributed by atoms with van der Waals surface area (Å²) in [7, 11) is 1.78. The topological polar surface area (TPSA) is 92.4 Å². The van der Waals surface area contributed by atoms with Gasteiger partial charge in [0.25, 0.3) is 0 Å². The summed E-state index contributed by atoms with van der Waals surface area (Å²) in [5, 5.41) is 10.7. The zero-order valence-electron chi connectivity index (χ0n) is 7.96. The molecule has 0 fully saturated rings. The highest BCUT2D eigenvalue weighted by Gasteiger charge is 1.90. The number of hydrogen-bond donors (Lipinski definition) is 3. The molecule has 0 rings (SSSR count). The maximum absolute atomic E-state index is 9.94. The lowest BCUT2D eigenvalue weighted by atomic mass is 10.4. The summed E-state index contributed by atoms with van der Waals surface area (Å²) in [4.78, 5) is 19.5. The van der Waals surface area contributed by atoms with E-state index in [1.54, 1.807) is 7.05 Å². The maximum Gasteiger partial charge on any atom is 0.330 e. The van der Waals surface area contributed by atoms with Gasteiger partial charge in [0.1, 0.15) is 0 Å². The number of aliphatic carboxylic acids is 1. The van der Waals surface area contributed by atoms with E-state index in [0.29, 0.717) is 13.0 Å². The Morgan fingerprint density at radius 3 is 2.00 bits per heavy atom. The molecule has 0 aliphatic carbocycles. The lowest BCUT2D eigenvalue weighted by Crippen LogP contribution is -2.18. The average Bonchev–Trinajstić information content (AvgIpc) is 2.01. The molecule has 0 saturated carbocycles. The van der Waals surface area contributed by atoms with Crippen molar-refractivity contribution in [1.29, 1.82) is 0 Å². The van der Waals surface area contributed by atoms with Gasteiger partial charge in [-0.25, -0.2) is 4.79 Å². The molecule has 0 unspecified atom stereocenters. The van der Waals surface area contributed by atoms with Crippen LogP contribution in [0.1, 0.15) is 13.3 Å².